The number of nitrogens with zero attached hydrogens (tertiary/aromatic N) is 1. The lowest BCUT2D eigenvalue weighted by Gasteiger charge is -2.14. The fourth-order valence-electron chi connectivity index (χ4n) is 2.05. The zero-order valence-corrected chi connectivity index (χ0v) is 13.2. The largest absolute Gasteiger partial charge is 0.630 e. The third-order valence-electron chi connectivity index (χ3n) is 3.13. The molecule has 0 fully saturated rings. The first-order chi connectivity index (χ1) is 10.6. The summed E-state index contributed by atoms with van der Waals surface area (Å²) in [6.07, 6.45) is 0. The van der Waals surface area contributed by atoms with Crippen LogP contribution in [-0.2, 0) is 0 Å². The van der Waals surface area contributed by atoms with Crippen molar-refractivity contribution in [2.75, 3.05) is 4.42 Å². The summed E-state index contributed by atoms with van der Waals surface area (Å²) >= 11 is 7.27. The molecule has 0 atom stereocenters. The van der Waals surface area contributed by atoms with Gasteiger partial charge in [0.25, 0.3) is 5.91 Å². The van der Waals surface area contributed by atoms with E-state index in [1.165, 1.54) is 23.5 Å². The first-order valence-electron chi connectivity index (χ1n) is 6.33. The van der Waals surface area contributed by atoms with E-state index < -0.39 is 11.7 Å². The maximum Gasteiger partial charge on any atom is 0.283 e. The number of rotatable bonds is 3. The lowest BCUT2D eigenvalue weighted by atomic mass is 10.2. The predicted molar refractivity (Wildman–Crippen MR) is 89.5 cm³/mol. The maximum absolute atomic E-state index is 13.9. The summed E-state index contributed by atoms with van der Waals surface area (Å²) in [5, 5.41) is 11.5. The van der Waals surface area contributed by atoms with Crippen LogP contribution in [0.5, 0.6) is 0 Å². The van der Waals surface area contributed by atoms with Gasteiger partial charge in [-0.05, 0) is 23.6 Å². The zero-order valence-electron chi connectivity index (χ0n) is 11.6. The number of nitrogens with two attached hydrogens (primary N) is 1. The van der Waals surface area contributed by atoms with Crippen molar-refractivity contribution in [3.8, 4) is 0 Å². The number of hydrogen-bond acceptors (Lipinski definition) is 3. The average Bonchev–Trinajstić information content (AvgIpc) is 2.97. The Hall–Kier alpha value is -2.03. The topological polar surface area (TPSA) is 91.5 Å². The molecule has 0 aliphatic rings. The Morgan fingerprint density at radius 2 is 1.96 bits per heavy atom. The number of amides is 1. The van der Waals surface area contributed by atoms with Crippen LogP contribution in [0.1, 0.15) is 9.67 Å². The third kappa shape index (κ3) is 3.34. The van der Waals surface area contributed by atoms with E-state index in [2.05, 4.69) is 0 Å². The van der Waals surface area contributed by atoms with Crippen LogP contribution in [-0.4, -0.2) is 11.4 Å². The zero-order chi connectivity index (χ0) is 15.7. The Balaban J connectivity index is 0.00000192. The van der Waals surface area contributed by atoms with Crippen molar-refractivity contribution < 1.29 is 20.1 Å². The average molecular weight is 355 g/mol. The Morgan fingerprint density at radius 3 is 2.61 bits per heavy atom. The molecule has 1 aromatic heterocycles. The highest BCUT2D eigenvalue weighted by Gasteiger charge is 2.21. The van der Waals surface area contributed by atoms with E-state index in [0.29, 0.717) is 10.4 Å². The number of fused-ring (bicyclic) bond motifs is 1. The molecule has 0 saturated heterocycles. The summed E-state index contributed by atoms with van der Waals surface area (Å²) in [5.74, 6) is -1.24. The Bertz CT molecular complexity index is 823. The monoisotopic (exact) mass is 354 g/mol. The molecule has 0 aliphatic heterocycles. The van der Waals surface area contributed by atoms with E-state index in [-0.39, 0.29) is 16.9 Å². The van der Waals surface area contributed by atoms with Gasteiger partial charge in [0.15, 0.2) is 5.82 Å². The molecule has 8 heteroatoms. The van der Waals surface area contributed by atoms with Crippen molar-refractivity contribution in [2.45, 2.75) is 0 Å². The second-order valence-corrected chi connectivity index (χ2v) is 5.99. The van der Waals surface area contributed by atoms with Crippen LogP contribution in [0.3, 0.4) is 0 Å². The Morgan fingerprint density at radius 1 is 1.22 bits per heavy atom. The van der Waals surface area contributed by atoms with Crippen LogP contribution in [0.15, 0.2) is 48.5 Å². The second-order valence-electron chi connectivity index (χ2n) is 4.56. The minimum atomic E-state index is -0.728. The predicted octanol–water partition coefficient (Wildman–Crippen LogP) is 2.71. The Kier molecular flexibility index (Phi) is 5.30. The highest BCUT2D eigenvalue weighted by molar-refractivity contribution is 7.21. The van der Waals surface area contributed by atoms with Gasteiger partial charge in [-0.1, -0.05) is 18.2 Å². The molecular weight excluding hydrogens is 343 g/mol. The maximum atomic E-state index is 13.9. The first kappa shape index (κ1) is 17.3. The van der Waals surface area contributed by atoms with Crippen LogP contribution in [0.2, 0.25) is 0 Å². The molecule has 5 nitrogen and oxygen atoms in total. The van der Waals surface area contributed by atoms with E-state index in [0.717, 1.165) is 20.6 Å². The van der Waals surface area contributed by atoms with Crippen molar-refractivity contribution in [2.24, 2.45) is 0 Å². The smallest absolute Gasteiger partial charge is 0.283 e. The summed E-state index contributed by atoms with van der Waals surface area (Å²) in [6, 6.07) is 13.0. The SMILES string of the molecule is O.O=C(c1cc2ccccc2s1)N(Cl)c1ccc([NH2+][O-])cc1F. The van der Waals surface area contributed by atoms with E-state index in [9.17, 15) is 14.4 Å². The minimum absolute atomic E-state index is 0. The molecule has 2 aromatic carbocycles. The lowest BCUT2D eigenvalue weighted by molar-refractivity contribution is -0.497. The van der Waals surface area contributed by atoms with Crippen molar-refractivity contribution in [3.05, 3.63) is 64.4 Å². The van der Waals surface area contributed by atoms with Crippen LogP contribution in [0.25, 0.3) is 10.1 Å². The fourth-order valence-corrected chi connectivity index (χ4v) is 3.32. The summed E-state index contributed by atoms with van der Waals surface area (Å²) in [4.78, 5) is 12.8. The normalized spacial score (nSPS) is 10.4. The van der Waals surface area contributed by atoms with Crippen LogP contribution in [0, 0.1) is 11.0 Å². The summed E-state index contributed by atoms with van der Waals surface area (Å²) in [5.41, 5.74) is 0.620. The highest BCUT2D eigenvalue weighted by Crippen LogP contribution is 2.30. The van der Waals surface area contributed by atoms with Crippen LogP contribution >= 0.6 is 23.1 Å². The molecule has 3 rings (SSSR count). The molecule has 0 bridgehead atoms. The molecule has 1 heterocycles. The lowest BCUT2D eigenvalue weighted by Crippen LogP contribution is -2.70. The molecule has 4 N–H and O–H groups in total. The van der Waals surface area contributed by atoms with Gasteiger partial charge in [0.05, 0.1) is 10.6 Å². The molecular formula is C15H12ClFN2O3S. The van der Waals surface area contributed by atoms with Gasteiger partial charge in [0.2, 0.25) is 0 Å². The number of thiophene rings is 1. The van der Waals surface area contributed by atoms with E-state index in [1.54, 1.807) is 6.07 Å². The molecule has 120 valence electrons. The quantitative estimate of drug-likeness (QED) is 0.445. The summed E-state index contributed by atoms with van der Waals surface area (Å²) in [6.45, 7) is 0. The number of halogens is 2. The van der Waals surface area contributed by atoms with Crippen molar-refractivity contribution in [3.63, 3.8) is 0 Å². The molecule has 0 spiro atoms. The molecule has 0 saturated carbocycles. The molecule has 3 aromatic rings. The van der Waals surface area contributed by atoms with E-state index >= 15 is 0 Å². The van der Waals surface area contributed by atoms with Gasteiger partial charge < -0.3 is 16.2 Å². The number of carbonyl (C=O) groups excluding carboxylic acids is 1. The van der Waals surface area contributed by atoms with Gasteiger partial charge in [-0.15, -0.1) is 11.3 Å². The van der Waals surface area contributed by atoms with Gasteiger partial charge in [-0.25, -0.2) is 8.81 Å². The highest BCUT2D eigenvalue weighted by atomic mass is 35.5. The second kappa shape index (κ2) is 7.03. The van der Waals surface area contributed by atoms with Gasteiger partial charge in [0, 0.05) is 28.6 Å². The number of anilines is 1. The van der Waals surface area contributed by atoms with Crippen molar-refractivity contribution in [1.29, 1.82) is 0 Å². The molecule has 0 aliphatic carbocycles. The van der Waals surface area contributed by atoms with Gasteiger partial charge in [-0.2, -0.15) is 0 Å². The van der Waals surface area contributed by atoms with E-state index in [1.807, 2.05) is 24.3 Å². The van der Waals surface area contributed by atoms with Crippen LogP contribution in [0.4, 0.5) is 15.8 Å². The summed E-state index contributed by atoms with van der Waals surface area (Å²) < 4.78 is 15.6. The third-order valence-corrected chi connectivity index (χ3v) is 4.57. The number of benzene rings is 2. The van der Waals surface area contributed by atoms with Gasteiger partial charge >= 0.3 is 0 Å². The number of quaternary nitrogens is 1. The van der Waals surface area contributed by atoms with Crippen LogP contribution < -0.4 is 9.90 Å². The molecule has 1 amide bonds. The molecule has 0 radical (unpaired) electrons. The summed E-state index contributed by atoms with van der Waals surface area (Å²) in [7, 11) is 0. The Labute approximate surface area is 139 Å². The minimum Gasteiger partial charge on any atom is -0.630 e. The standard InChI is InChI=1S/C15H10ClFN2O2S.H2O/c16-19(12-6-5-10(18-21)8-11(12)17)15(20)14-7-9-3-1-2-4-13(9)22-14;/h1-8H,18H2;1H2. The van der Waals surface area contributed by atoms with Gasteiger partial charge in [0.1, 0.15) is 5.69 Å². The number of carbonyl (C=O) groups is 1. The van der Waals surface area contributed by atoms with Crippen molar-refractivity contribution >= 4 is 50.5 Å². The number of hydrogen-bond donors (Lipinski definition) is 1. The molecule has 0 unspecified atom stereocenters. The fraction of sp³-hybridized carbons (Fsp3) is 0. The first-order valence-corrected chi connectivity index (χ1v) is 7.49. The van der Waals surface area contributed by atoms with Gasteiger partial charge in [-0.3, -0.25) is 4.79 Å². The van der Waals surface area contributed by atoms with Crippen molar-refractivity contribution in [1.82, 2.24) is 0 Å². The molecule has 23 heavy (non-hydrogen) atoms. The van der Waals surface area contributed by atoms with E-state index in [4.69, 9.17) is 11.8 Å².